The van der Waals surface area contributed by atoms with Gasteiger partial charge in [0.05, 0.1) is 0 Å². The fourth-order valence-corrected chi connectivity index (χ4v) is 3.67. The molecule has 1 aliphatic carbocycles. The van der Waals surface area contributed by atoms with Crippen molar-refractivity contribution in [1.82, 2.24) is 15.5 Å². The number of hydrogen-bond donors (Lipinski definition) is 2. The third-order valence-electron chi connectivity index (χ3n) is 5.41. The number of likely N-dealkylation sites (tertiary alicyclic amines) is 1. The maximum atomic E-state index is 4.86. The van der Waals surface area contributed by atoms with Crippen LogP contribution < -0.4 is 10.6 Å². The lowest BCUT2D eigenvalue weighted by atomic mass is 10.00. The summed E-state index contributed by atoms with van der Waals surface area (Å²) >= 11 is 0. The van der Waals surface area contributed by atoms with Crippen LogP contribution in [0.15, 0.2) is 29.3 Å². The summed E-state index contributed by atoms with van der Waals surface area (Å²) < 4.78 is 0. The van der Waals surface area contributed by atoms with E-state index in [0.29, 0.717) is 12.0 Å². The lowest BCUT2D eigenvalue weighted by Gasteiger charge is -2.33. The zero-order valence-corrected chi connectivity index (χ0v) is 18.8. The fourth-order valence-electron chi connectivity index (χ4n) is 3.67. The highest BCUT2D eigenvalue weighted by atomic mass is 127. The Balaban J connectivity index is 0.00000243. The highest BCUT2D eigenvalue weighted by Gasteiger charge is 2.31. The van der Waals surface area contributed by atoms with Gasteiger partial charge in [-0.2, -0.15) is 0 Å². The molecule has 1 atom stereocenters. The van der Waals surface area contributed by atoms with Gasteiger partial charge in [-0.25, -0.2) is 0 Å². The van der Waals surface area contributed by atoms with Crippen molar-refractivity contribution in [3.05, 3.63) is 35.4 Å². The molecule has 3 rings (SSSR count). The van der Waals surface area contributed by atoms with Crippen LogP contribution in [0.25, 0.3) is 0 Å². The second-order valence-corrected chi connectivity index (χ2v) is 7.72. The smallest absolute Gasteiger partial charge is 0.191 e. The molecule has 26 heavy (non-hydrogen) atoms. The van der Waals surface area contributed by atoms with Crippen molar-refractivity contribution in [2.45, 2.75) is 64.5 Å². The van der Waals surface area contributed by atoms with Crippen LogP contribution >= 0.6 is 24.0 Å². The molecule has 1 aromatic carbocycles. The number of nitrogens with one attached hydrogen (secondary N) is 2. The van der Waals surface area contributed by atoms with Gasteiger partial charge in [-0.1, -0.05) is 36.8 Å². The van der Waals surface area contributed by atoms with Crippen LogP contribution in [-0.4, -0.2) is 49.1 Å². The van der Waals surface area contributed by atoms with Crippen LogP contribution in [0.4, 0.5) is 0 Å². The van der Waals surface area contributed by atoms with E-state index in [1.54, 1.807) is 0 Å². The van der Waals surface area contributed by atoms with Gasteiger partial charge in [0.15, 0.2) is 5.96 Å². The Morgan fingerprint density at radius 1 is 1.23 bits per heavy atom. The molecule has 0 aromatic heterocycles. The summed E-state index contributed by atoms with van der Waals surface area (Å²) in [7, 11) is 0. The highest BCUT2D eigenvalue weighted by molar-refractivity contribution is 14.0. The number of benzene rings is 1. The molecular formula is C21H35IN4. The van der Waals surface area contributed by atoms with Gasteiger partial charge in [0.1, 0.15) is 0 Å². The van der Waals surface area contributed by atoms with Crippen LogP contribution in [0, 0.1) is 6.92 Å². The molecule has 1 saturated heterocycles. The first-order valence-corrected chi connectivity index (χ1v) is 10.0. The number of nitrogens with zero attached hydrogens (tertiary/aromatic N) is 2. The van der Waals surface area contributed by atoms with E-state index in [0.717, 1.165) is 25.1 Å². The summed E-state index contributed by atoms with van der Waals surface area (Å²) in [5, 5.41) is 7.09. The Kier molecular flexibility index (Phi) is 8.67. The van der Waals surface area contributed by atoms with Crippen molar-refractivity contribution in [3.8, 4) is 0 Å². The number of halogens is 1. The van der Waals surface area contributed by atoms with E-state index in [4.69, 9.17) is 4.99 Å². The molecule has 5 heteroatoms. The number of guanidine groups is 1. The lowest BCUT2D eigenvalue weighted by Crippen LogP contribution is -2.49. The number of hydrogen-bond acceptors (Lipinski definition) is 2. The molecule has 2 N–H and O–H groups in total. The van der Waals surface area contributed by atoms with E-state index in [9.17, 15) is 0 Å². The summed E-state index contributed by atoms with van der Waals surface area (Å²) in [6.07, 6.45) is 5.29. The summed E-state index contributed by atoms with van der Waals surface area (Å²) in [6, 6.07) is 10.2. The van der Waals surface area contributed by atoms with Crippen molar-refractivity contribution in [1.29, 1.82) is 0 Å². The maximum Gasteiger partial charge on any atom is 0.191 e. The average molecular weight is 470 g/mol. The fraction of sp³-hybridized carbons (Fsp3) is 0.667. The van der Waals surface area contributed by atoms with Gasteiger partial charge in [0.2, 0.25) is 0 Å². The number of aryl methyl sites for hydroxylation is 1. The first kappa shape index (κ1) is 21.5. The first-order chi connectivity index (χ1) is 12.2. The van der Waals surface area contributed by atoms with Crippen LogP contribution in [0.5, 0.6) is 0 Å². The topological polar surface area (TPSA) is 39.7 Å². The molecule has 1 heterocycles. The van der Waals surface area contributed by atoms with Crippen LogP contribution in [0.2, 0.25) is 0 Å². The SMILES string of the molecule is CCNC(=NCC(C)c1cccc(C)c1)NC1CCN(C2CC2)CC1.I. The lowest BCUT2D eigenvalue weighted by molar-refractivity contribution is 0.197. The third kappa shape index (κ3) is 6.41. The van der Waals surface area contributed by atoms with Crippen LogP contribution in [-0.2, 0) is 0 Å². The number of rotatable bonds is 6. The molecule has 1 unspecified atom stereocenters. The Bertz CT molecular complexity index is 577. The van der Waals surface area contributed by atoms with Crippen molar-refractivity contribution in [3.63, 3.8) is 0 Å². The van der Waals surface area contributed by atoms with Crippen molar-refractivity contribution >= 4 is 29.9 Å². The number of aliphatic imine (C=N–C) groups is 1. The zero-order valence-electron chi connectivity index (χ0n) is 16.5. The van der Waals surface area contributed by atoms with Gasteiger partial charge in [-0.05, 0) is 45.1 Å². The molecule has 146 valence electrons. The molecule has 0 spiro atoms. The minimum Gasteiger partial charge on any atom is -0.357 e. The third-order valence-corrected chi connectivity index (χ3v) is 5.41. The zero-order chi connectivity index (χ0) is 17.6. The van der Waals surface area contributed by atoms with E-state index in [1.165, 1.54) is 49.9 Å². The number of piperidine rings is 1. The Morgan fingerprint density at radius 2 is 1.96 bits per heavy atom. The normalized spacial score (nSPS) is 20.3. The average Bonchev–Trinajstić information content (AvgIpc) is 3.45. The molecule has 2 aliphatic rings. The molecule has 0 amide bonds. The van der Waals surface area contributed by atoms with Gasteiger partial charge in [0.25, 0.3) is 0 Å². The van der Waals surface area contributed by atoms with Crippen molar-refractivity contribution in [2.24, 2.45) is 4.99 Å². The Labute approximate surface area is 176 Å². The summed E-state index contributed by atoms with van der Waals surface area (Å²) in [5.41, 5.74) is 2.69. The molecule has 2 fully saturated rings. The second kappa shape index (κ2) is 10.5. The Morgan fingerprint density at radius 3 is 2.58 bits per heavy atom. The van der Waals surface area contributed by atoms with E-state index in [1.807, 2.05) is 0 Å². The molecular weight excluding hydrogens is 435 g/mol. The van der Waals surface area contributed by atoms with Crippen LogP contribution in [0.1, 0.15) is 56.6 Å². The van der Waals surface area contributed by atoms with E-state index >= 15 is 0 Å². The van der Waals surface area contributed by atoms with E-state index in [2.05, 4.69) is 60.6 Å². The summed E-state index contributed by atoms with van der Waals surface area (Å²) in [6.45, 7) is 10.8. The molecule has 4 nitrogen and oxygen atoms in total. The second-order valence-electron chi connectivity index (χ2n) is 7.72. The van der Waals surface area contributed by atoms with Crippen LogP contribution in [0.3, 0.4) is 0 Å². The van der Waals surface area contributed by atoms with Gasteiger partial charge in [-0.15, -0.1) is 24.0 Å². The molecule has 0 bridgehead atoms. The quantitative estimate of drug-likeness (QED) is 0.377. The predicted octanol–water partition coefficient (Wildman–Crippen LogP) is 3.90. The monoisotopic (exact) mass is 470 g/mol. The molecule has 1 aromatic rings. The maximum absolute atomic E-state index is 4.86. The molecule has 1 saturated carbocycles. The summed E-state index contributed by atoms with van der Waals surface area (Å²) in [4.78, 5) is 7.53. The summed E-state index contributed by atoms with van der Waals surface area (Å²) in [5.74, 6) is 1.42. The standard InChI is InChI=1S/C21H34N4.HI/c1-4-22-21(23-15-17(3)18-7-5-6-16(2)14-18)24-19-10-12-25(13-11-19)20-8-9-20;/h5-7,14,17,19-20H,4,8-13,15H2,1-3H3,(H2,22,23,24);1H. The Hall–Kier alpha value is -0.820. The highest BCUT2D eigenvalue weighted by Crippen LogP contribution is 2.29. The molecule has 0 radical (unpaired) electrons. The minimum absolute atomic E-state index is 0. The largest absolute Gasteiger partial charge is 0.357 e. The van der Waals surface area contributed by atoms with Gasteiger partial charge >= 0.3 is 0 Å². The van der Waals surface area contributed by atoms with Gasteiger partial charge in [-0.3, -0.25) is 4.99 Å². The van der Waals surface area contributed by atoms with Crippen molar-refractivity contribution in [2.75, 3.05) is 26.2 Å². The minimum atomic E-state index is 0. The predicted molar refractivity (Wildman–Crippen MR) is 122 cm³/mol. The van der Waals surface area contributed by atoms with E-state index in [-0.39, 0.29) is 24.0 Å². The first-order valence-electron chi connectivity index (χ1n) is 10.0. The molecule has 1 aliphatic heterocycles. The van der Waals surface area contributed by atoms with Gasteiger partial charge < -0.3 is 15.5 Å². The van der Waals surface area contributed by atoms with Crippen molar-refractivity contribution < 1.29 is 0 Å². The van der Waals surface area contributed by atoms with E-state index < -0.39 is 0 Å². The van der Waals surface area contributed by atoms with Gasteiger partial charge in [0, 0.05) is 44.2 Å².